The van der Waals surface area contributed by atoms with Gasteiger partial charge in [-0.2, -0.15) is 0 Å². The molecule has 3 aromatic carbocycles. The van der Waals surface area contributed by atoms with Crippen molar-refractivity contribution < 1.29 is 9.53 Å². The number of unbranched alkanes of at least 4 members (excludes halogenated alkanes) is 1. The van der Waals surface area contributed by atoms with Gasteiger partial charge in [-0.1, -0.05) is 53.6 Å². The molecule has 0 unspecified atom stereocenters. The van der Waals surface area contributed by atoms with Crippen LogP contribution in [0.4, 0.5) is 0 Å². The number of amides is 1. The maximum absolute atomic E-state index is 12.3. The highest BCUT2D eigenvalue weighted by Crippen LogP contribution is 2.18. The molecule has 0 fully saturated rings. The fourth-order valence-corrected chi connectivity index (χ4v) is 4.05. The number of imidazole rings is 1. The third kappa shape index (κ3) is 6.61. The summed E-state index contributed by atoms with van der Waals surface area (Å²) in [6.45, 7) is 4.17. The van der Waals surface area contributed by atoms with E-state index in [0.29, 0.717) is 31.0 Å². The zero-order valence-corrected chi connectivity index (χ0v) is 20.2. The molecule has 0 atom stereocenters. The number of rotatable bonds is 11. The third-order valence-corrected chi connectivity index (χ3v) is 6.00. The number of carbonyl (C=O) groups excluding carboxylic acids is 1. The van der Waals surface area contributed by atoms with E-state index in [1.807, 2.05) is 42.5 Å². The first-order valence-electron chi connectivity index (χ1n) is 11.7. The van der Waals surface area contributed by atoms with Gasteiger partial charge in [0, 0.05) is 24.5 Å². The quantitative estimate of drug-likeness (QED) is 0.281. The summed E-state index contributed by atoms with van der Waals surface area (Å²) >= 11 is 5.92. The number of nitrogens with one attached hydrogen (secondary N) is 1. The minimum atomic E-state index is -0.00163. The van der Waals surface area contributed by atoms with Gasteiger partial charge in [-0.3, -0.25) is 4.79 Å². The summed E-state index contributed by atoms with van der Waals surface area (Å²) in [6.07, 6.45) is 2.97. The highest BCUT2D eigenvalue weighted by atomic mass is 35.5. The first kappa shape index (κ1) is 23.8. The van der Waals surface area contributed by atoms with Crippen molar-refractivity contribution in [1.29, 1.82) is 0 Å². The lowest BCUT2D eigenvalue weighted by molar-refractivity contribution is -0.120. The Balaban J connectivity index is 1.29. The predicted molar refractivity (Wildman–Crippen MR) is 138 cm³/mol. The number of carbonyl (C=O) groups is 1. The zero-order chi connectivity index (χ0) is 23.8. The molecule has 0 spiro atoms. The molecular weight excluding hydrogens is 446 g/mol. The van der Waals surface area contributed by atoms with Crippen LogP contribution >= 0.6 is 11.6 Å². The molecular formula is C28H30ClN3O2. The van der Waals surface area contributed by atoms with Crippen LogP contribution in [0.3, 0.4) is 0 Å². The number of hydrogen-bond donors (Lipinski definition) is 1. The second-order valence-electron chi connectivity index (χ2n) is 8.44. The highest BCUT2D eigenvalue weighted by molar-refractivity contribution is 6.30. The molecule has 0 saturated carbocycles. The van der Waals surface area contributed by atoms with E-state index in [2.05, 4.69) is 35.0 Å². The SMILES string of the molecule is Cc1ccc(OCCCCn2c(CCNC(=O)Cc3ccc(Cl)cc3)nc3ccccc32)cc1. The van der Waals surface area contributed by atoms with E-state index >= 15 is 0 Å². The topological polar surface area (TPSA) is 56.1 Å². The molecule has 4 aromatic rings. The number of aryl methyl sites for hydroxylation is 2. The van der Waals surface area contributed by atoms with Gasteiger partial charge in [0.1, 0.15) is 11.6 Å². The Morgan fingerprint density at radius 2 is 1.76 bits per heavy atom. The molecule has 34 heavy (non-hydrogen) atoms. The van der Waals surface area contributed by atoms with Crippen molar-refractivity contribution in [2.24, 2.45) is 0 Å². The molecule has 1 N–H and O–H groups in total. The number of ether oxygens (including phenoxy) is 1. The summed E-state index contributed by atoms with van der Waals surface area (Å²) in [6, 6.07) is 23.7. The first-order chi connectivity index (χ1) is 16.6. The monoisotopic (exact) mass is 475 g/mol. The van der Waals surface area contributed by atoms with Gasteiger partial charge in [0.15, 0.2) is 0 Å². The zero-order valence-electron chi connectivity index (χ0n) is 19.5. The predicted octanol–water partition coefficient (Wildman–Crippen LogP) is 5.76. The molecule has 6 heteroatoms. The van der Waals surface area contributed by atoms with Gasteiger partial charge >= 0.3 is 0 Å². The van der Waals surface area contributed by atoms with Crippen molar-refractivity contribution >= 4 is 28.5 Å². The Kier molecular flexibility index (Phi) is 8.21. The van der Waals surface area contributed by atoms with Crippen LogP contribution < -0.4 is 10.1 Å². The van der Waals surface area contributed by atoms with Crippen molar-refractivity contribution in [3.05, 3.63) is 94.8 Å². The fourth-order valence-electron chi connectivity index (χ4n) is 3.93. The smallest absolute Gasteiger partial charge is 0.224 e. The van der Waals surface area contributed by atoms with Crippen LogP contribution in [0.25, 0.3) is 11.0 Å². The van der Waals surface area contributed by atoms with Crippen LogP contribution in [0.15, 0.2) is 72.8 Å². The van der Waals surface area contributed by atoms with Gasteiger partial charge in [-0.05, 0) is 61.7 Å². The normalized spacial score (nSPS) is 11.0. The fraction of sp³-hybridized carbons (Fsp3) is 0.286. The minimum Gasteiger partial charge on any atom is -0.494 e. The summed E-state index contributed by atoms with van der Waals surface area (Å²) in [4.78, 5) is 17.2. The average molecular weight is 476 g/mol. The second kappa shape index (κ2) is 11.7. The van der Waals surface area contributed by atoms with E-state index in [1.165, 1.54) is 5.56 Å². The summed E-state index contributed by atoms with van der Waals surface area (Å²) in [5.41, 5.74) is 4.29. The van der Waals surface area contributed by atoms with Gasteiger partial charge < -0.3 is 14.6 Å². The molecule has 0 radical (unpaired) electrons. The van der Waals surface area contributed by atoms with Gasteiger partial charge in [-0.25, -0.2) is 4.98 Å². The number of fused-ring (bicyclic) bond motifs is 1. The van der Waals surface area contributed by atoms with Crippen molar-refractivity contribution in [3.8, 4) is 5.75 Å². The molecule has 4 rings (SSSR count). The lowest BCUT2D eigenvalue weighted by Gasteiger charge is -2.11. The molecule has 0 aliphatic rings. The molecule has 0 bridgehead atoms. The molecule has 0 saturated heterocycles. The number of halogens is 1. The maximum Gasteiger partial charge on any atom is 0.224 e. The number of hydrogen-bond acceptors (Lipinski definition) is 3. The van der Waals surface area contributed by atoms with Crippen molar-refractivity contribution in [1.82, 2.24) is 14.9 Å². The first-order valence-corrected chi connectivity index (χ1v) is 12.1. The highest BCUT2D eigenvalue weighted by Gasteiger charge is 2.11. The molecule has 0 aliphatic carbocycles. The van der Waals surface area contributed by atoms with Crippen LogP contribution in [0.1, 0.15) is 29.8 Å². The Labute approximate surface area is 205 Å². The van der Waals surface area contributed by atoms with Crippen LogP contribution in [-0.4, -0.2) is 28.6 Å². The van der Waals surface area contributed by atoms with Gasteiger partial charge in [0.25, 0.3) is 0 Å². The summed E-state index contributed by atoms with van der Waals surface area (Å²) < 4.78 is 8.14. The molecule has 5 nitrogen and oxygen atoms in total. The van der Waals surface area contributed by atoms with Gasteiger partial charge in [0.05, 0.1) is 24.1 Å². The molecule has 176 valence electrons. The number of benzene rings is 3. The number of nitrogens with zero attached hydrogens (tertiary/aromatic N) is 2. The maximum atomic E-state index is 12.3. The Morgan fingerprint density at radius 1 is 1.00 bits per heavy atom. The lowest BCUT2D eigenvalue weighted by atomic mass is 10.1. The Bertz CT molecular complexity index is 1220. The summed E-state index contributed by atoms with van der Waals surface area (Å²) in [5.74, 6) is 1.90. The van der Waals surface area contributed by atoms with E-state index in [4.69, 9.17) is 21.3 Å². The van der Waals surface area contributed by atoms with Crippen LogP contribution in [0.2, 0.25) is 5.02 Å². The van der Waals surface area contributed by atoms with E-state index < -0.39 is 0 Å². The van der Waals surface area contributed by atoms with Crippen LogP contribution in [0, 0.1) is 6.92 Å². The minimum absolute atomic E-state index is 0.00163. The van der Waals surface area contributed by atoms with Crippen molar-refractivity contribution in [2.75, 3.05) is 13.2 Å². The summed E-state index contributed by atoms with van der Waals surface area (Å²) in [5, 5.41) is 3.69. The van der Waals surface area contributed by atoms with E-state index in [0.717, 1.165) is 47.6 Å². The lowest BCUT2D eigenvalue weighted by Crippen LogP contribution is -2.28. The van der Waals surface area contributed by atoms with Crippen LogP contribution in [0.5, 0.6) is 5.75 Å². The Morgan fingerprint density at radius 3 is 2.56 bits per heavy atom. The van der Waals surface area contributed by atoms with Gasteiger partial charge in [0.2, 0.25) is 5.91 Å². The van der Waals surface area contributed by atoms with E-state index in [9.17, 15) is 4.79 Å². The molecule has 1 amide bonds. The number of para-hydroxylation sites is 2. The van der Waals surface area contributed by atoms with Gasteiger partial charge in [-0.15, -0.1) is 0 Å². The largest absolute Gasteiger partial charge is 0.494 e. The Hall–Kier alpha value is -3.31. The van der Waals surface area contributed by atoms with Crippen LogP contribution in [-0.2, 0) is 24.2 Å². The summed E-state index contributed by atoms with van der Waals surface area (Å²) in [7, 11) is 0. The van der Waals surface area contributed by atoms with Crippen molar-refractivity contribution in [2.45, 2.75) is 39.2 Å². The molecule has 1 heterocycles. The number of aromatic nitrogens is 2. The average Bonchev–Trinajstić information content (AvgIpc) is 3.19. The van der Waals surface area contributed by atoms with E-state index in [1.54, 1.807) is 12.1 Å². The van der Waals surface area contributed by atoms with Crippen molar-refractivity contribution in [3.63, 3.8) is 0 Å². The standard InChI is InChI=1S/C28H30ClN3O2/c1-21-8-14-24(15-9-21)34-19-5-4-18-32-26-7-3-2-6-25(26)31-27(32)16-17-30-28(33)20-22-10-12-23(29)13-11-22/h2-3,6-15H,4-5,16-20H2,1H3,(H,30,33). The van der Waals surface area contributed by atoms with E-state index in [-0.39, 0.29) is 5.91 Å². The molecule has 1 aromatic heterocycles. The second-order valence-corrected chi connectivity index (χ2v) is 8.88. The third-order valence-electron chi connectivity index (χ3n) is 5.75. The molecule has 0 aliphatic heterocycles.